The van der Waals surface area contributed by atoms with E-state index in [1.165, 1.54) is 0 Å². The Labute approximate surface area is 189 Å². The molecule has 2 heterocycles. The van der Waals surface area contributed by atoms with Gasteiger partial charge in [0.2, 0.25) is 0 Å². The number of likely N-dealkylation sites (N-methyl/N-ethyl adjacent to an activating group) is 1. The predicted octanol–water partition coefficient (Wildman–Crippen LogP) is 3.32. The number of methoxy groups -OCH3 is 1. The molecule has 1 atom stereocenters. The monoisotopic (exact) mass is 431 g/mol. The first-order chi connectivity index (χ1) is 15.6. The Kier molecular flexibility index (Phi) is 6.83. The van der Waals surface area contributed by atoms with Crippen LogP contribution in [-0.2, 0) is 22.5 Å². The van der Waals surface area contributed by atoms with Gasteiger partial charge in [0.1, 0.15) is 5.75 Å². The second-order valence-corrected chi connectivity index (χ2v) is 8.10. The lowest BCUT2D eigenvalue weighted by Gasteiger charge is -2.41. The van der Waals surface area contributed by atoms with Gasteiger partial charge >= 0.3 is 0 Å². The molecule has 1 amide bonds. The molecule has 1 fully saturated rings. The van der Waals surface area contributed by atoms with Crippen LogP contribution in [0.2, 0.25) is 0 Å². The predicted molar refractivity (Wildman–Crippen MR) is 124 cm³/mol. The van der Waals surface area contributed by atoms with Crippen LogP contribution in [-0.4, -0.2) is 55.2 Å². The summed E-state index contributed by atoms with van der Waals surface area (Å²) in [6.45, 7) is 2.54. The number of nitrogens with zero attached hydrogens (tertiary/aromatic N) is 2. The average Bonchev–Trinajstić information content (AvgIpc) is 2.85. The highest BCUT2D eigenvalue weighted by molar-refractivity contribution is 5.86. The molecule has 6 nitrogen and oxygen atoms in total. The lowest BCUT2D eigenvalue weighted by Crippen LogP contribution is -2.60. The van der Waals surface area contributed by atoms with E-state index in [1.807, 2.05) is 36.5 Å². The molecule has 1 aliphatic rings. The zero-order valence-electron chi connectivity index (χ0n) is 18.6. The van der Waals surface area contributed by atoms with Crippen LogP contribution in [0.5, 0.6) is 5.75 Å². The number of carbonyl (C=O) groups is 1. The molecular weight excluding hydrogens is 402 g/mol. The Hall–Kier alpha value is -3.22. The molecule has 1 aliphatic heterocycles. The number of pyridine rings is 1. The first-order valence-corrected chi connectivity index (χ1v) is 10.8. The highest BCUT2D eigenvalue weighted by atomic mass is 16.5. The fraction of sp³-hybridized carbons (Fsp3) is 0.308. The first-order valence-electron chi connectivity index (χ1n) is 10.8. The van der Waals surface area contributed by atoms with E-state index in [0.717, 1.165) is 41.1 Å². The van der Waals surface area contributed by atoms with E-state index in [-0.39, 0.29) is 5.91 Å². The molecule has 0 spiro atoms. The number of carbonyl (C=O) groups excluding carboxylic acids is 1. The molecular formula is C26H29N3O3. The topological polar surface area (TPSA) is 63.7 Å². The minimum atomic E-state index is -0.929. The molecule has 2 aromatic carbocycles. The fourth-order valence-electron chi connectivity index (χ4n) is 4.25. The summed E-state index contributed by atoms with van der Waals surface area (Å²) in [6.07, 6.45) is 4.12. The SMILES string of the molecule is CNC(=O)[C@@]1(Cc2ccc(-c3cccnc3)cc2)CN(Cc2cccc(OC)c2)CCO1. The van der Waals surface area contributed by atoms with Crippen molar-refractivity contribution in [2.75, 3.05) is 33.9 Å². The molecule has 1 N–H and O–H groups in total. The van der Waals surface area contributed by atoms with E-state index in [9.17, 15) is 4.79 Å². The summed E-state index contributed by atoms with van der Waals surface area (Å²) in [5.74, 6) is 0.742. The maximum absolute atomic E-state index is 13.0. The number of hydrogen-bond donors (Lipinski definition) is 1. The van der Waals surface area contributed by atoms with Gasteiger partial charge < -0.3 is 14.8 Å². The average molecular weight is 432 g/mol. The molecule has 0 unspecified atom stereocenters. The number of nitrogens with one attached hydrogen (secondary N) is 1. The summed E-state index contributed by atoms with van der Waals surface area (Å²) in [7, 11) is 3.34. The minimum absolute atomic E-state index is 0.0934. The normalized spacial score (nSPS) is 18.8. The van der Waals surface area contributed by atoms with Crippen LogP contribution in [0.15, 0.2) is 73.1 Å². The molecule has 0 bridgehead atoms. The summed E-state index contributed by atoms with van der Waals surface area (Å²) >= 11 is 0. The van der Waals surface area contributed by atoms with E-state index in [4.69, 9.17) is 9.47 Å². The fourth-order valence-corrected chi connectivity index (χ4v) is 4.25. The molecule has 6 heteroatoms. The Morgan fingerprint density at radius 1 is 1.12 bits per heavy atom. The van der Waals surface area contributed by atoms with Crippen molar-refractivity contribution >= 4 is 5.91 Å². The lowest BCUT2D eigenvalue weighted by molar-refractivity contribution is -0.160. The molecule has 166 valence electrons. The van der Waals surface area contributed by atoms with Crippen molar-refractivity contribution in [3.8, 4) is 16.9 Å². The molecule has 1 aromatic heterocycles. The maximum atomic E-state index is 13.0. The Morgan fingerprint density at radius 3 is 2.69 bits per heavy atom. The van der Waals surface area contributed by atoms with Gasteiger partial charge in [0, 0.05) is 45.5 Å². The van der Waals surface area contributed by atoms with E-state index < -0.39 is 5.60 Å². The third-order valence-corrected chi connectivity index (χ3v) is 5.88. The summed E-state index contributed by atoms with van der Waals surface area (Å²) in [5, 5.41) is 2.82. The van der Waals surface area contributed by atoms with Crippen LogP contribution >= 0.6 is 0 Å². The van der Waals surface area contributed by atoms with Crippen LogP contribution in [0.4, 0.5) is 0 Å². The van der Waals surface area contributed by atoms with Crippen molar-refractivity contribution in [2.24, 2.45) is 0 Å². The molecule has 0 saturated carbocycles. The van der Waals surface area contributed by atoms with Crippen molar-refractivity contribution in [3.63, 3.8) is 0 Å². The van der Waals surface area contributed by atoms with E-state index >= 15 is 0 Å². The van der Waals surface area contributed by atoms with Crippen molar-refractivity contribution in [1.29, 1.82) is 0 Å². The van der Waals surface area contributed by atoms with Crippen LogP contribution in [0.25, 0.3) is 11.1 Å². The van der Waals surface area contributed by atoms with Crippen LogP contribution in [0.3, 0.4) is 0 Å². The highest BCUT2D eigenvalue weighted by Crippen LogP contribution is 2.27. The zero-order valence-corrected chi connectivity index (χ0v) is 18.6. The Bertz CT molecular complexity index is 1040. The summed E-state index contributed by atoms with van der Waals surface area (Å²) in [6, 6.07) is 20.3. The number of morpholine rings is 1. The molecule has 32 heavy (non-hydrogen) atoms. The Morgan fingerprint density at radius 2 is 1.97 bits per heavy atom. The van der Waals surface area contributed by atoms with Crippen molar-refractivity contribution in [1.82, 2.24) is 15.2 Å². The van der Waals surface area contributed by atoms with Gasteiger partial charge in [0.25, 0.3) is 5.91 Å². The van der Waals surface area contributed by atoms with Gasteiger partial charge in [0.05, 0.1) is 13.7 Å². The third kappa shape index (κ3) is 4.98. The standard InChI is InChI=1S/C26H29N3O3/c1-27-25(30)26(16-20-8-10-22(11-9-20)23-6-4-12-28-17-23)19-29(13-14-32-26)18-21-5-3-7-24(15-21)31-2/h3-12,15,17H,13-14,16,18-19H2,1-2H3,(H,27,30)/t26-/m1/s1. The van der Waals surface area contributed by atoms with Crippen molar-refractivity contribution in [2.45, 2.75) is 18.6 Å². The number of benzene rings is 2. The minimum Gasteiger partial charge on any atom is -0.497 e. The third-order valence-electron chi connectivity index (χ3n) is 5.88. The number of aromatic nitrogens is 1. The number of ether oxygens (including phenoxy) is 2. The summed E-state index contributed by atoms with van der Waals surface area (Å²) < 4.78 is 11.5. The van der Waals surface area contributed by atoms with Gasteiger partial charge in [-0.05, 0) is 40.5 Å². The van der Waals surface area contributed by atoms with Gasteiger partial charge in [-0.2, -0.15) is 0 Å². The van der Waals surface area contributed by atoms with Crippen LogP contribution < -0.4 is 10.1 Å². The van der Waals surface area contributed by atoms with Crippen molar-refractivity contribution < 1.29 is 14.3 Å². The maximum Gasteiger partial charge on any atom is 0.253 e. The second kappa shape index (κ2) is 9.94. The van der Waals surface area contributed by atoms with E-state index in [2.05, 4.69) is 45.5 Å². The van der Waals surface area contributed by atoms with Gasteiger partial charge in [-0.3, -0.25) is 14.7 Å². The van der Waals surface area contributed by atoms with Crippen LogP contribution in [0.1, 0.15) is 11.1 Å². The summed E-state index contributed by atoms with van der Waals surface area (Å²) in [4.78, 5) is 19.5. The van der Waals surface area contributed by atoms with Gasteiger partial charge in [-0.1, -0.05) is 42.5 Å². The van der Waals surface area contributed by atoms with E-state index in [1.54, 1.807) is 20.4 Å². The van der Waals surface area contributed by atoms with Crippen LogP contribution in [0, 0.1) is 0 Å². The zero-order chi connectivity index (χ0) is 22.4. The largest absolute Gasteiger partial charge is 0.497 e. The van der Waals surface area contributed by atoms with Gasteiger partial charge in [-0.25, -0.2) is 0 Å². The van der Waals surface area contributed by atoms with Gasteiger partial charge in [-0.15, -0.1) is 0 Å². The quantitative estimate of drug-likeness (QED) is 0.622. The smallest absolute Gasteiger partial charge is 0.253 e. The number of hydrogen-bond acceptors (Lipinski definition) is 5. The molecule has 1 saturated heterocycles. The lowest BCUT2D eigenvalue weighted by atomic mass is 9.90. The second-order valence-electron chi connectivity index (χ2n) is 8.10. The molecule has 0 aliphatic carbocycles. The van der Waals surface area contributed by atoms with Gasteiger partial charge in [0.15, 0.2) is 5.60 Å². The molecule has 3 aromatic rings. The number of amides is 1. The van der Waals surface area contributed by atoms with E-state index in [0.29, 0.717) is 19.6 Å². The van der Waals surface area contributed by atoms with Crippen molar-refractivity contribution in [3.05, 3.63) is 84.2 Å². The highest BCUT2D eigenvalue weighted by Gasteiger charge is 2.43. The Balaban J connectivity index is 1.52. The number of rotatable bonds is 7. The molecule has 0 radical (unpaired) electrons. The molecule has 4 rings (SSSR count). The summed E-state index contributed by atoms with van der Waals surface area (Å²) in [5.41, 5.74) is 3.45. The first kappa shape index (κ1) is 22.0.